The van der Waals surface area contributed by atoms with Crippen molar-refractivity contribution in [3.05, 3.63) is 87.6 Å². The Morgan fingerprint density at radius 3 is 2.62 bits per heavy atom. The maximum absolute atomic E-state index is 12.2. The number of hydrogen-bond donors (Lipinski definition) is 2. The van der Waals surface area contributed by atoms with Gasteiger partial charge in [0.1, 0.15) is 0 Å². The van der Waals surface area contributed by atoms with Gasteiger partial charge in [0.25, 0.3) is 5.56 Å². The van der Waals surface area contributed by atoms with Crippen molar-refractivity contribution in [1.82, 2.24) is 9.97 Å². The molecule has 1 unspecified atom stereocenters. The monoisotopic (exact) mass is 361 g/mol. The summed E-state index contributed by atoms with van der Waals surface area (Å²) in [5, 5.41) is 9.39. The van der Waals surface area contributed by atoms with Crippen molar-refractivity contribution in [2.45, 2.75) is 25.0 Å². The molecule has 3 aromatic rings. The van der Waals surface area contributed by atoms with Gasteiger partial charge in [-0.05, 0) is 22.8 Å². The second-order valence-corrected chi connectivity index (χ2v) is 7.12. The van der Waals surface area contributed by atoms with Crippen LogP contribution < -0.4 is 5.56 Å². The Labute approximate surface area is 158 Å². The van der Waals surface area contributed by atoms with Crippen LogP contribution in [0.2, 0.25) is 0 Å². The van der Waals surface area contributed by atoms with Crippen LogP contribution >= 0.6 is 12.6 Å². The Morgan fingerprint density at radius 1 is 1.19 bits per heavy atom. The summed E-state index contributed by atoms with van der Waals surface area (Å²) in [4.78, 5) is 19.2. The van der Waals surface area contributed by atoms with E-state index < -0.39 is 0 Å². The molecular formula is C21H19N3OS. The first-order chi connectivity index (χ1) is 12.6. The van der Waals surface area contributed by atoms with E-state index in [4.69, 9.17) is 0 Å². The van der Waals surface area contributed by atoms with Gasteiger partial charge in [-0.1, -0.05) is 49.4 Å². The predicted molar refractivity (Wildman–Crippen MR) is 106 cm³/mol. The van der Waals surface area contributed by atoms with Crippen LogP contribution in [0.25, 0.3) is 11.1 Å². The molecule has 0 saturated heterocycles. The first kappa shape index (κ1) is 18.0. The van der Waals surface area contributed by atoms with E-state index >= 15 is 0 Å². The van der Waals surface area contributed by atoms with E-state index in [-0.39, 0.29) is 10.8 Å². The molecule has 3 rings (SSSR count). The lowest BCUT2D eigenvalue weighted by Gasteiger charge is -2.10. The molecule has 0 aliphatic heterocycles. The van der Waals surface area contributed by atoms with Gasteiger partial charge in [0, 0.05) is 23.7 Å². The maximum atomic E-state index is 12.2. The minimum Gasteiger partial charge on any atom is -0.313 e. The van der Waals surface area contributed by atoms with E-state index in [2.05, 4.69) is 28.7 Å². The maximum Gasteiger partial charge on any atom is 0.254 e. The molecule has 0 spiro atoms. The summed E-state index contributed by atoms with van der Waals surface area (Å²) < 4.78 is 0. The lowest BCUT2D eigenvalue weighted by atomic mass is 9.97. The summed E-state index contributed by atoms with van der Waals surface area (Å²) in [7, 11) is 0. The zero-order valence-corrected chi connectivity index (χ0v) is 15.3. The van der Waals surface area contributed by atoms with Crippen molar-refractivity contribution in [3.63, 3.8) is 0 Å². The van der Waals surface area contributed by atoms with Gasteiger partial charge in [-0.3, -0.25) is 4.79 Å². The molecule has 0 amide bonds. The summed E-state index contributed by atoms with van der Waals surface area (Å²) in [5.74, 6) is 0. The highest BCUT2D eigenvalue weighted by molar-refractivity contribution is 7.80. The molecule has 2 aromatic carbocycles. The summed E-state index contributed by atoms with van der Waals surface area (Å²) in [5.41, 5.74) is 4.92. The van der Waals surface area contributed by atoms with Crippen molar-refractivity contribution in [2.24, 2.45) is 0 Å². The fourth-order valence-electron chi connectivity index (χ4n) is 2.94. The number of nitriles is 1. The van der Waals surface area contributed by atoms with Crippen molar-refractivity contribution < 1.29 is 0 Å². The Kier molecular flexibility index (Phi) is 5.55. The molecule has 4 nitrogen and oxygen atoms in total. The lowest BCUT2D eigenvalue weighted by Crippen LogP contribution is -2.19. The van der Waals surface area contributed by atoms with Crippen LogP contribution in [0.5, 0.6) is 0 Å². The molecule has 0 bridgehead atoms. The molecule has 130 valence electrons. The van der Waals surface area contributed by atoms with Gasteiger partial charge in [0.15, 0.2) is 0 Å². The molecular weight excluding hydrogens is 342 g/mol. The number of aromatic amines is 1. The van der Waals surface area contributed by atoms with E-state index in [0.29, 0.717) is 24.0 Å². The third kappa shape index (κ3) is 4.04. The van der Waals surface area contributed by atoms with E-state index in [1.54, 1.807) is 0 Å². The number of benzene rings is 2. The highest BCUT2D eigenvalue weighted by Crippen LogP contribution is 2.24. The second-order valence-electron chi connectivity index (χ2n) is 6.24. The van der Waals surface area contributed by atoms with Gasteiger partial charge in [-0.25, -0.2) is 4.98 Å². The number of hydrogen-bond acceptors (Lipinski definition) is 4. The van der Waals surface area contributed by atoms with Crippen molar-refractivity contribution in [3.8, 4) is 17.2 Å². The molecule has 1 N–H and O–H groups in total. The van der Waals surface area contributed by atoms with Gasteiger partial charge in [-0.15, -0.1) is 0 Å². The van der Waals surface area contributed by atoms with E-state index in [0.717, 1.165) is 22.4 Å². The Hall–Kier alpha value is -2.84. The van der Waals surface area contributed by atoms with E-state index in [1.807, 2.05) is 55.5 Å². The molecule has 0 saturated carbocycles. The Balaban J connectivity index is 1.90. The number of aromatic nitrogens is 2. The second kappa shape index (κ2) is 8.03. The predicted octanol–water partition coefficient (Wildman–Crippen LogP) is 3.76. The molecule has 1 atom stereocenters. The topological polar surface area (TPSA) is 69.5 Å². The van der Waals surface area contributed by atoms with Crippen LogP contribution in [0, 0.1) is 11.3 Å². The van der Waals surface area contributed by atoms with Crippen LogP contribution in [-0.4, -0.2) is 15.2 Å². The quantitative estimate of drug-likeness (QED) is 0.680. The van der Waals surface area contributed by atoms with Gasteiger partial charge >= 0.3 is 0 Å². The number of nitrogens with one attached hydrogen (secondary N) is 1. The van der Waals surface area contributed by atoms with Gasteiger partial charge < -0.3 is 4.98 Å². The smallest absolute Gasteiger partial charge is 0.254 e. The zero-order chi connectivity index (χ0) is 18.5. The van der Waals surface area contributed by atoms with Crippen molar-refractivity contribution >= 4 is 12.6 Å². The highest BCUT2D eigenvalue weighted by Gasteiger charge is 2.12. The third-order valence-electron chi connectivity index (χ3n) is 4.22. The zero-order valence-electron chi connectivity index (χ0n) is 14.4. The summed E-state index contributed by atoms with van der Waals surface area (Å²) in [6.45, 7) is 1.98. The van der Waals surface area contributed by atoms with Crippen LogP contribution in [0.3, 0.4) is 0 Å². The first-order valence-corrected chi connectivity index (χ1v) is 8.92. The number of nitrogens with zero attached hydrogens (tertiary/aromatic N) is 2. The van der Waals surface area contributed by atoms with Gasteiger partial charge in [0.2, 0.25) is 0 Å². The molecule has 0 aliphatic carbocycles. The number of rotatable bonds is 5. The molecule has 0 fully saturated rings. The standard InChI is InChI=1S/C21H19N3OS/c1-14(26)10-20-19(21(25)24-13-23-20)11-15-6-8-16(9-7-15)18-5-3-2-4-17(18)12-22/h2-9,13-14,26H,10-11H2,1H3,(H,23,24,25). The van der Waals surface area contributed by atoms with Gasteiger partial charge in [-0.2, -0.15) is 17.9 Å². The van der Waals surface area contributed by atoms with Crippen LogP contribution in [0.1, 0.15) is 29.3 Å². The molecule has 1 heterocycles. The fourth-order valence-corrected chi connectivity index (χ4v) is 3.11. The molecule has 26 heavy (non-hydrogen) atoms. The number of H-pyrrole nitrogens is 1. The van der Waals surface area contributed by atoms with Crippen LogP contribution in [0.15, 0.2) is 59.7 Å². The highest BCUT2D eigenvalue weighted by atomic mass is 32.1. The molecule has 0 radical (unpaired) electrons. The van der Waals surface area contributed by atoms with Crippen molar-refractivity contribution in [1.29, 1.82) is 5.26 Å². The summed E-state index contributed by atoms with van der Waals surface area (Å²) >= 11 is 4.41. The van der Waals surface area contributed by atoms with Crippen LogP contribution in [0.4, 0.5) is 0 Å². The molecule has 5 heteroatoms. The summed E-state index contributed by atoms with van der Waals surface area (Å²) in [6, 6.07) is 17.7. The van der Waals surface area contributed by atoms with E-state index in [1.165, 1.54) is 6.33 Å². The summed E-state index contributed by atoms with van der Waals surface area (Å²) in [6.07, 6.45) is 2.61. The Morgan fingerprint density at radius 2 is 1.92 bits per heavy atom. The molecule has 0 aliphatic rings. The normalized spacial score (nSPS) is 11.7. The average Bonchev–Trinajstić information content (AvgIpc) is 2.65. The van der Waals surface area contributed by atoms with Crippen molar-refractivity contribution in [2.75, 3.05) is 0 Å². The van der Waals surface area contributed by atoms with E-state index in [9.17, 15) is 10.1 Å². The Bertz CT molecular complexity index is 1000. The molecule has 1 aromatic heterocycles. The first-order valence-electron chi connectivity index (χ1n) is 8.40. The van der Waals surface area contributed by atoms with Gasteiger partial charge in [0.05, 0.1) is 23.7 Å². The SMILES string of the molecule is CC(S)Cc1nc[nH]c(=O)c1Cc1ccc(-c2ccccc2C#N)cc1. The minimum atomic E-state index is -0.108. The lowest BCUT2D eigenvalue weighted by molar-refractivity contribution is 0.855. The largest absolute Gasteiger partial charge is 0.313 e. The fraction of sp³-hybridized carbons (Fsp3) is 0.190. The number of thiol groups is 1. The average molecular weight is 361 g/mol. The minimum absolute atomic E-state index is 0.108. The van der Waals surface area contributed by atoms with Crippen LogP contribution in [-0.2, 0) is 12.8 Å². The third-order valence-corrected chi connectivity index (χ3v) is 4.40.